The number of allylic oxidation sites excluding steroid dienone is 3. The largest absolute Gasteiger partial charge is 0.497 e. The van der Waals surface area contributed by atoms with Gasteiger partial charge in [-0.15, -0.1) is 0 Å². The molecule has 0 saturated heterocycles. The highest BCUT2D eigenvalue weighted by Gasteiger charge is 2.42. The lowest BCUT2D eigenvalue weighted by atomic mass is 9.91. The highest BCUT2D eigenvalue weighted by molar-refractivity contribution is 5.97. The highest BCUT2D eigenvalue weighted by atomic mass is 16.5. The Hall–Kier alpha value is -1.87. The van der Waals surface area contributed by atoms with Gasteiger partial charge in [0.15, 0.2) is 5.78 Å². The number of ether oxygens (including phenoxy) is 2. The summed E-state index contributed by atoms with van der Waals surface area (Å²) < 4.78 is 11.2. The van der Waals surface area contributed by atoms with Crippen LogP contribution in [0.25, 0.3) is 0 Å². The molecular formula is C19H22O3. The molecule has 0 radical (unpaired) electrons. The lowest BCUT2D eigenvalue weighted by Crippen LogP contribution is -2.14. The van der Waals surface area contributed by atoms with E-state index in [2.05, 4.69) is 0 Å². The van der Waals surface area contributed by atoms with Crippen LogP contribution >= 0.6 is 0 Å². The molecule has 1 saturated carbocycles. The fourth-order valence-electron chi connectivity index (χ4n) is 3.48. The molecule has 0 aromatic heterocycles. The molecular weight excluding hydrogens is 276 g/mol. The van der Waals surface area contributed by atoms with Crippen LogP contribution in [0.5, 0.6) is 5.75 Å². The molecule has 3 rings (SSSR count). The fraction of sp³-hybridized carbons (Fsp3) is 0.421. The van der Waals surface area contributed by atoms with Crippen LogP contribution in [0.1, 0.15) is 25.3 Å². The summed E-state index contributed by atoms with van der Waals surface area (Å²) in [6, 6.07) is 7.91. The van der Waals surface area contributed by atoms with E-state index in [1.165, 1.54) is 5.57 Å². The van der Waals surface area contributed by atoms with Crippen LogP contribution in [0.2, 0.25) is 0 Å². The summed E-state index contributed by atoms with van der Waals surface area (Å²) in [5.41, 5.74) is 2.32. The minimum absolute atomic E-state index is 0.0367. The lowest BCUT2D eigenvalue weighted by molar-refractivity contribution is -0.116. The third-order valence-electron chi connectivity index (χ3n) is 4.62. The number of hydrogen-bond donors (Lipinski definition) is 0. The summed E-state index contributed by atoms with van der Waals surface area (Å²) in [7, 11) is 1.66. The van der Waals surface area contributed by atoms with Gasteiger partial charge in [0.1, 0.15) is 5.75 Å². The summed E-state index contributed by atoms with van der Waals surface area (Å²) in [6.07, 6.45) is 7.97. The maximum absolute atomic E-state index is 12.1. The standard InChI is InChI=1S/C19H22O3/c1-3-4-16-15-9-10-19(17(15)11-18(16)20)22-12-13-5-7-14(21-2)8-6-13/h3-8,11,15-16,19H,9-10,12H2,1-2H3/b4-3+/t15-,16-,19-/m0/s1. The van der Waals surface area contributed by atoms with Gasteiger partial charge < -0.3 is 9.47 Å². The summed E-state index contributed by atoms with van der Waals surface area (Å²) in [6.45, 7) is 2.54. The van der Waals surface area contributed by atoms with Gasteiger partial charge in [-0.05, 0) is 55.0 Å². The molecule has 1 fully saturated rings. The normalized spacial score (nSPS) is 27.3. The number of ketones is 1. The molecule has 0 amide bonds. The second kappa shape index (κ2) is 6.49. The molecule has 2 aliphatic carbocycles. The van der Waals surface area contributed by atoms with E-state index in [9.17, 15) is 4.79 Å². The monoisotopic (exact) mass is 298 g/mol. The Morgan fingerprint density at radius 2 is 2.00 bits per heavy atom. The summed E-state index contributed by atoms with van der Waals surface area (Å²) in [5, 5.41) is 0. The molecule has 2 aliphatic rings. The van der Waals surface area contributed by atoms with Crippen molar-refractivity contribution >= 4 is 5.78 Å². The number of benzene rings is 1. The van der Waals surface area contributed by atoms with E-state index in [0.29, 0.717) is 12.5 Å². The van der Waals surface area contributed by atoms with Crippen molar-refractivity contribution in [3.8, 4) is 5.75 Å². The van der Waals surface area contributed by atoms with Gasteiger partial charge in [0.2, 0.25) is 0 Å². The number of fused-ring (bicyclic) bond motifs is 1. The van der Waals surface area contributed by atoms with Crippen molar-refractivity contribution in [2.45, 2.75) is 32.5 Å². The molecule has 3 atom stereocenters. The number of hydrogen-bond acceptors (Lipinski definition) is 3. The third kappa shape index (κ3) is 2.86. The minimum Gasteiger partial charge on any atom is -0.497 e. The summed E-state index contributed by atoms with van der Waals surface area (Å²) >= 11 is 0. The van der Waals surface area contributed by atoms with Crippen LogP contribution in [0, 0.1) is 11.8 Å². The maximum Gasteiger partial charge on any atom is 0.163 e. The van der Waals surface area contributed by atoms with E-state index in [1.807, 2.05) is 49.4 Å². The molecule has 3 heteroatoms. The SMILES string of the molecule is C/C=C/[C@@H]1C(=O)C=C2[C@@H](OCc3ccc(OC)cc3)CC[C@H]21. The van der Waals surface area contributed by atoms with Gasteiger partial charge in [0.25, 0.3) is 0 Å². The summed E-state index contributed by atoms with van der Waals surface area (Å²) in [5.74, 6) is 1.47. The molecule has 0 unspecified atom stereocenters. The first-order chi connectivity index (χ1) is 10.7. The Morgan fingerprint density at radius 3 is 2.68 bits per heavy atom. The number of carbonyl (C=O) groups excluding carboxylic acids is 1. The third-order valence-corrected chi connectivity index (χ3v) is 4.62. The van der Waals surface area contributed by atoms with E-state index in [-0.39, 0.29) is 17.8 Å². The molecule has 22 heavy (non-hydrogen) atoms. The molecule has 116 valence electrons. The Kier molecular flexibility index (Phi) is 4.44. The predicted octanol–water partition coefficient (Wildman–Crippen LogP) is 3.69. The van der Waals surface area contributed by atoms with Gasteiger partial charge in [0.05, 0.1) is 19.8 Å². The van der Waals surface area contributed by atoms with E-state index in [0.717, 1.165) is 24.2 Å². The van der Waals surface area contributed by atoms with E-state index in [4.69, 9.17) is 9.47 Å². The van der Waals surface area contributed by atoms with Crippen LogP contribution in [-0.4, -0.2) is 19.0 Å². The zero-order valence-electron chi connectivity index (χ0n) is 13.1. The average molecular weight is 298 g/mol. The van der Waals surface area contributed by atoms with Crippen molar-refractivity contribution < 1.29 is 14.3 Å². The second-order valence-corrected chi connectivity index (χ2v) is 5.93. The van der Waals surface area contributed by atoms with Gasteiger partial charge in [-0.2, -0.15) is 0 Å². The fourth-order valence-corrected chi connectivity index (χ4v) is 3.48. The van der Waals surface area contributed by atoms with Crippen molar-refractivity contribution in [2.24, 2.45) is 11.8 Å². The first-order valence-corrected chi connectivity index (χ1v) is 7.85. The van der Waals surface area contributed by atoms with Gasteiger partial charge >= 0.3 is 0 Å². The van der Waals surface area contributed by atoms with Crippen LogP contribution in [-0.2, 0) is 16.1 Å². The zero-order chi connectivity index (χ0) is 15.5. The van der Waals surface area contributed by atoms with Gasteiger partial charge in [-0.3, -0.25) is 4.79 Å². The number of carbonyl (C=O) groups is 1. The van der Waals surface area contributed by atoms with Crippen LogP contribution in [0.4, 0.5) is 0 Å². The smallest absolute Gasteiger partial charge is 0.163 e. The molecule has 1 aromatic rings. The van der Waals surface area contributed by atoms with Gasteiger partial charge in [-0.1, -0.05) is 24.3 Å². The summed E-state index contributed by atoms with van der Waals surface area (Å²) in [4.78, 5) is 12.1. The quantitative estimate of drug-likeness (QED) is 0.778. The topological polar surface area (TPSA) is 35.5 Å². The molecule has 0 N–H and O–H groups in total. The van der Waals surface area contributed by atoms with Gasteiger partial charge in [0, 0.05) is 5.92 Å². The molecule has 0 heterocycles. The Morgan fingerprint density at radius 1 is 1.23 bits per heavy atom. The zero-order valence-corrected chi connectivity index (χ0v) is 13.1. The van der Waals surface area contributed by atoms with Crippen molar-refractivity contribution in [3.63, 3.8) is 0 Å². The average Bonchev–Trinajstić information content (AvgIpc) is 3.06. The van der Waals surface area contributed by atoms with Crippen LogP contribution in [0.3, 0.4) is 0 Å². The Balaban J connectivity index is 1.62. The van der Waals surface area contributed by atoms with Crippen molar-refractivity contribution in [1.29, 1.82) is 0 Å². The van der Waals surface area contributed by atoms with Crippen molar-refractivity contribution in [2.75, 3.05) is 7.11 Å². The lowest BCUT2D eigenvalue weighted by Gasteiger charge is -2.15. The van der Waals surface area contributed by atoms with Crippen molar-refractivity contribution in [3.05, 3.63) is 53.6 Å². The molecule has 0 bridgehead atoms. The highest BCUT2D eigenvalue weighted by Crippen LogP contribution is 2.44. The number of rotatable bonds is 5. The van der Waals surface area contributed by atoms with E-state index >= 15 is 0 Å². The molecule has 0 spiro atoms. The first-order valence-electron chi connectivity index (χ1n) is 7.85. The molecule has 0 aliphatic heterocycles. The Labute approximate surface area is 131 Å². The number of methoxy groups -OCH3 is 1. The second-order valence-electron chi connectivity index (χ2n) is 5.93. The van der Waals surface area contributed by atoms with Gasteiger partial charge in [-0.25, -0.2) is 0 Å². The predicted molar refractivity (Wildman–Crippen MR) is 85.7 cm³/mol. The minimum atomic E-state index is 0.0367. The molecule has 1 aromatic carbocycles. The first kappa shape index (κ1) is 15.0. The van der Waals surface area contributed by atoms with E-state index < -0.39 is 0 Å². The maximum atomic E-state index is 12.1. The van der Waals surface area contributed by atoms with Crippen LogP contribution in [0.15, 0.2) is 48.1 Å². The van der Waals surface area contributed by atoms with E-state index in [1.54, 1.807) is 7.11 Å². The van der Waals surface area contributed by atoms with Crippen LogP contribution < -0.4 is 4.74 Å². The van der Waals surface area contributed by atoms with Crippen molar-refractivity contribution in [1.82, 2.24) is 0 Å². The molecule has 3 nitrogen and oxygen atoms in total. The Bertz CT molecular complexity index is 598.